The highest BCUT2D eigenvalue weighted by molar-refractivity contribution is 6.05. The van der Waals surface area contributed by atoms with Gasteiger partial charge >= 0.3 is 0 Å². The number of nitrogens with one attached hydrogen (secondary N) is 1. The van der Waals surface area contributed by atoms with Crippen LogP contribution in [0.25, 0.3) is 5.57 Å². The number of phenols is 1. The second kappa shape index (κ2) is 7.53. The number of H-pyrrole nitrogens is 1. The minimum Gasteiger partial charge on any atom is -0.508 e. The molecule has 0 saturated heterocycles. The number of ketones is 2. The molecular weight excluding hydrogens is 340 g/mol. The van der Waals surface area contributed by atoms with E-state index in [1.807, 2.05) is 32.9 Å². The van der Waals surface area contributed by atoms with Gasteiger partial charge in [-0.3, -0.25) is 14.5 Å². The summed E-state index contributed by atoms with van der Waals surface area (Å²) in [5.74, 6) is 0.259. The standard InChI is InChI=1S/C22H26N2O3/c1-13-20(16(4)25)14(2)23-21(13)22(27)15(3)24-11-9-18(10-12-24)17-5-7-19(26)8-6-17/h5-9,15,23,26H,10-12H2,1-4H3. The van der Waals surface area contributed by atoms with Gasteiger partial charge in [-0.25, -0.2) is 0 Å². The van der Waals surface area contributed by atoms with E-state index >= 15 is 0 Å². The summed E-state index contributed by atoms with van der Waals surface area (Å²) in [4.78, 5) is 30.1. The van der Waals surface area contributed by atoms with Crippen LogP contribution in [0, 0.1) is 13.8 Å². The summed E-state index contributed by atoms with van der Waals surface area (Å²) in [6, 6.07) is 6.95. The Kier molecular flexibility index (Phi) is 5.33. The lowest BCUT2D eigenvalue weighted by Crippen LogP contribution is -2.41. The lowest BCUT2D eigenvalue weighted by Gasteiger charge is -2.31. The summed E-state index contributed by atoms with van der Waals surface area (Å²) in [5, 5.41) is 9.43. The maximum Gasteiger partial charge on any atom is 0.196 e. The third-order valence-corrected chi connectivity index (χ3v) is 5.44. The molecule has 0 bridgehead atoms. The summed E-state index contributed by atoms with van der Waals surface area (Å²) < 4.78 is 0. The first-order valence-corrected chi connectivity index (χ1v) is 9.26. The Balaban J connectivity index is 1.75. The Morgan fingerprint density at radius 1 is 1.19 bits per heavy atom. The second-order valence-corrected chi connectivity index (χ2v) is 7.24. The zero-order valence-corrected chi connectivity index (χ0v) is 16.3. The molecule has 0 radical (unpaired) electrons. The van der Waals surface area contributed by atoms with Gasteiger partial charge in [0, 0.05) is 24.3 Å². The largest absolute Gasteiger partial charge is 0.508 e. The van der Waals surface area contributed by atoms with Gasteiger partial charge in [-0.2, -0.15) is 0 Å². The number of phenolic OH excluding ortho intramolecular Hbond substituents is 1. The van der Waals surface area contributed by atoms with Crippen molar-refractivity contribution in [2.45, 2.75) is 40.2 Å². The summed E-state index contributed by atoms with van der Waals surface area (Å²) in [6.07, 6.45) is 3.00. The first-order chi connectivity index (χ1) is 12.8. The zero-order valence-electron chi connectivity index (χ0n) is 16.3. The van der Waals surface area contributed by atoms with Crippen LogP contribution in [0.15, 0.2) is 30.3 Å². The number of hydrogen-bond donors (Lipinski definition) is 2. The lowest BCUT2D eigenvalue weighted by atomic mass is 9.97. The van der Waals surface area contributed by atoms with E-state index in [0.29, 0.717) is 17.8 Å². The fraction of sp³-hybridized carbons (Fsp3) is 0.364. The van der Waals surface area contributed by atoms with Crippen molar-refractivity contribution >= 4 is 17.1 Å². The molecule has 1 aromatic heterocycles. The van der Waals surface area contributed by atoms with Crippen LogP contribution in [-0.4, -0.2) is 45.7 Å². The quantitative estimate of drug-likeness (QED) is 0.787. The van der Waals surface area contributed by atoms with E-state index in [4.69, 9.17) is 0 Å². The molecular formula is C22H26N2O3. The van der Waals surface area contributed by atoms with E-state index in [0.717, 1.165) is 29.8 Å². The molecule has 3 rings (SSSR count). The van der Waals surface area contributed by atoms with Crippen molar-refractivity contribution in [2.24, 2.45) is 0 Å². The van der Waals surface area contributed by atoms with Gasteiger partial charge in [0.1, 0.15) is 5.75 Å². The molecule has 27 heavy (non-hydrogen) atoms. The molecule has 5 heteroatoms. The molecule has 0 amide bonds. The first-order valence-electron chi connectivity index (χ1n) is 9.26. The van der Waals surface area contributed by atoms with Crippen molar-refractivity contribution in [3.63, 3.8) is 0 Å². The van der Waals surface area contributed by atoms with Gasteiger partial charge in [0.2, 0.25) is 0 Å². The Labute approximate surface area is 159 Å². The third-order valence-electron chi connectivity index (χ3n) is 5.44. The lowest BCUT2D eigenvalue weighted by molar-refractivity contribution is 0.0846. The number of aromatic amines is 1. The average Bonchev–Trinajstić information content (AvgIpc) is 2.95. The maximum atomic E-state index is 13.0. The number of aromatic hydroxyl groups is 1. The molecule has 0 spiro atoms. The van der Waals surface area contributed by atoms with Gasteiger partial charge in [0.25, 0.3) is 0 Å². The van der Waals surface area contributed by atoms with Gasteiger partial charge < -0.3 is 10.1 Å². The van der Waals surface area contributed by atoms with Crippen LogP contribution in [0.4, 0.5) is 0 Å². The molecule has 142 valence electrons. The highest BCUT2D eigenvalue weighted by atomic mass is 16.3. The number of aromatic nitrogens is 1. The number of benzene rings is 1. The molecule has 1 aliphatic heterocycles. The van der Waals surface area contributed by atoms with Crippen LogP contribution >= 0.6 is 0 Å². The van der Waals surface area contributed by atoms with Crippen molar-refractivity contribution in [3.8, 4) is 5.75 Å². The van der Waals surface area contributed by atoms with Crippen molar-refractivity contribution < 1.29 is 14.7 Å². The Morgan fingerprint density at radius 2 is 1.85 bits per heavy atom. The molecule has 2 aromatic rings. The van der Waals surface area contributed by atoms with E-state index in [9.17, 15) is 14.7 Å². The summed E-state index contributed by atoms with van der Waals surface area (Å²) in [7, 11) is 0. The van der Waals surface area contributed by atoms with Crippen molar-refractivity contribution in [1.82, 2.24) is 9.88 Å². The van der Waals surface area contributed by atoms with Crippen molar-refractivity contribution in [1.29, 1.82) is 0 Å². The molecule has 0 fully saturated rings. The molecule has 0 saturated carbocycles. The summed E-state index contributed by atoms with van der Waals surface area (Å²) in [6.45, 7) is 8.60. The minimum absolute atomic E-state index is 0.0181. The zero-order chi connectivity index (χ0) is 19.7. The second-order valence-electron chi connectivity index (χ2n) is 7.24. The third kappa shape index (κ3) is 3.74. The number of aryl methyl sites for hydroxylation is 1. The Morgan fingerprint density at radius 3 is 2.37 bits per heavy atom. The molecule has 0 aliphatic carbocycles. The molecule has 2 N–H and O–H groups in total. The topological polar surface area (TPSA) is 73.4 Å². The molecule has 1 aliphatic rings. The van der Waals surface area contributed by atoms with Crippen LogP contribution < -0.4 is 0 Å². The Hall–Kier alpha value is -2.66. The van der Waals surface area contributed by atoms with Crippen LogP contribution in [0.5, 0.6) is 5.75 Å². The van der Waals surface area contributed by atoms with Crippen LogP contribution in [0.3, 0.4) is 0 Å². The van der Waals surface area contributed by atoms with Crippen molar-refractivity contribution in [2.75, 3.05) is 13.1 Å². The number of nitrogens with zero attached hydrogens (tertiary/aromatic N) is 1. The van der Waals surface area contributed by atoms with Crippen molar-refractivity contribution in [3.05, 3.63) is 58.4 Å². The number of hydrogen-bond acceptors (Lipinski definition) is 4. The Bertz CT molecular complexity index is 906. The highest BCUT2D eigenvalue weighted by Gasteiger charge is 2.28. The van der Waals surface area contributed by atoms with Gasteiger partial charge in [0.05, 0.1) is 11.7 Å². The average molecular weight is 366 g/mol. The summed E-state index contributed by atoms with van der Waals surface area (Å²) >= 11 is 0. The number of rotatable bonds is 5. The van der Waals surface area contributed by atoms with E-state index in [1.165, 1.54) is 12.5 Å². The van der Waals surface area contributed by atoms with E-state index in [2.05, 4.69) is 16.0 Å². The fourth-order valence-corrected chi connectivity index (χ4v) is 3.87. The normalized spacial score (nSPS) is 16.1. The maximum absolute atomic E-state index is 13.0. The number of carbonyl (C=O) groups is 2. The fourth-order valence-electron chi connectivity index (χ4n) is 3.87. The molecule has 2 heterocycles. The van der Waals surface area contributed by atoms with E-state index < -0.39 is 0 Å². The minimum atomic E-state index is -0.265. The van der Waals surface area contributed by atoms with Gasteiger partial charge in [-0.15, -0.1) is 0 Å². The highest BCUT2D eigenvalue weighted by Crippen LogP contribution is 2.26. The number of carbonyl (C=O) groups excluding carboxylic acids is 2. The SMILES string of the molecule is CC(=O)c1c(C)[nH]c(C(=O)C(C)N2CC=C(c3ccc(O)cc3)CC2)c1C. The first kappa shape index (κ1) is 19.1. The van der Waals surface area contributed by atoms with Gasteiger partial charge in [-0.05, 0) is 62.9 Å². The molecule has 5 nitrogen and oxygen atoms in total. The molecule has 1 unspecified atom stereocenters. The van der Waals surface area contributed by atoms with E-state index in [-0.39, 0.29) is 23.4 Å². The summed E-state index contributed by atoms with van der Waals surface area (Å²) in [5.41, 5.74) is 5.00. The smallest absolute Gasteiger partial charge is 0.196 e. The number of Topliss-reactive ketones (excluding diaryl/α,β-unsaturated/α-hetero) is 2. The van der Waals surface area contributed by atoms with Crippen LogP contribution in [0.2, 0.25) is 0 Å². The molecule has 1 atom stereocenters. The van der Waals surface area contributed by atoms with Gasteiger partial charge in [0.15, 0.2) is 11.6 Å². The molecule has 1 aromatic carbocycles. The monoisotopic (exact) mass is 366 g/mol. The van der Waals surface area contributed by atoms with Crippen LogP contribution in [-0.2, 0) is 0 Å². The van der Waals surface area contributed by atoms with Crippen LogP contribution in [0.1, 0.15) is 57.9 Å². The van der Waals surface area contributed by atoms with E-state index in [1.54, 1.807) is 12.1 Å². The van der Waals surface area contributed by atoms with Gasteiger partial charge in [-0.1, -0.05) is 18.2 Å². The predicted octanol–water partition coefficient (Wildman–Crippen LogP) is 3.90. The predicted molar refractivity (Wildman–Crippen MR) is 106 cm³/mol.